The topological polar surface area (TPSA) is 45.0 Å². The van der Waals surface area contributed by atoms with Crippen molar-refractivity contribution in [1.29, 1.82) is 5.26 Å². The second-order valence-electron chi connectivity index (χ2n) is 4.12. The average molecular weight is 216 g/mol. The summed E-state index contributed by atoms with van der Waals surface area (Å²) in [6.07, 6.45) is 3.59. The van der Waals surface area contributed by atoms with Crippen molar-refractivity contribution in [3.8, 4) is 11.8 Å². The van der Waals surface area contributed by atoms with E-state index in [1.165, 1.54) is 18.4 Å². The van der Waals surface area contributed by atoms with Gasteiger partial charge >= 0.3 is 0 Å². The Hall–Kier alpha value is -1.53. The van der Waals surface area contributed by atoms with Crippen LogP contribution in [-0.4, -0.2) is 19.7 Å². The van der Waals surface area contributed by atoms with Crippen LogP contribution in [0.4, 0.5) is 0 Å². The number of rotatable bonds is 5. The van der Waals surface area contributed by atoms with E-state index in [0.29, 0.717) is 11.3 Å². The lowest BCUT2D eigenvalue weighted by Gasteiger charge is -2.06. The summed E-state index contributed by atoms with van der Waals surface area (Å²) >= 11 is 0. The van der Waals surface area contributed by atoms with Crippen LogP contribution >= 0.6 is 0 Å². The normalized spacial score (nSPS) is 14.5. The van der Waals surface area contributed by atoms with E-state index in [1.807, 2.05) is 18.2 Å². The zero-order valence-electron chi connectivity index (χ0n) is 9.49. The number of nitrogens with zero attached hydrogens (tertiary/aromatic N) is 1. The summed E-state index contributed by atoms with van der Waals surface area (Å²) in [5, 5.41) is 12.4. The highest BCUT2D eigenvalue weighted by atomic mass is 16.5. The van der Waals surface area contributed by atoms with E-state index < -0.39 is 0 Å². The van der Waals surface area contributed by atoms with Gasteiger partial charge in [-0.2, -0.15) is 5.26 Å². The molecule has 2 rings (SSSR count). The van der Waals surface area contributed by atoms with Crippen LogP contribution < -0.4 is 10.1 Å². The molecule has 1 aromatic carbocycles. The van der Waals surface area contributed by atoms with Crippen LogP contribution in [0.5, 0.6) is 5.75 Å². The lowest BCUT2D eigenvalue weighted by molar-refractivity contribution is 0.413. The minimum atomic E-state index is 0.617. The third kappa shape index (κ3) is 2.74. The van der Waals surface area contributed by atoms with Crippen LogP contribution in [0.25, 0.3) is 0 Å². The highest BCUT2D eigenvalue weighted by Crippen LogP contribution is 2.20. The lowest BCUT2D eigenvalue weighted by atomic mass is 10.1. The summed E-state index contributed by atoms with van der Waals surface area (Å²) < 4.78 is 5.11. The third-order valence-electron chi connectivity index (χ3n) is 2.81. The molecule has 3 heteroatoms. The number of nitriles is 1. The van der Waals surface area contributed by atoms with Gasteiger partial charge in [0.15, 0.2) is 0 Å². The van der Waals surface area contributed by atoms with Crippen molar-refractivity contribution in [1.82, 2.24) is 5.32 Å². The maximum Gasteiger partial charge on any atom is 0.136 e. The maximum atomic E-state index is 8.95. The molecule has 84 valence electrons. The van der Waals surface area contributed by atoms with E-state index in [4.69, 9.17) is 10.00 Å². The molecule has 0 radical (unpaired) electrons. The summed E-state index contributed by atoms with van der Waals surface area (Å²) in [7, 11) is 1.59. The first-order valence-electron chi connectivity index (χ1n) is 5.64. The Balaban J connectivity index is 1.95. The average Bonchev–Trinajstić information content (AvgIpc) is 3.13. The number of hydrogen-bond acceptors (Lipinski definition) is 3. The van der Waals surface area contributed by atoms with Gasteiger partial charge in [0, 0.05) is 6.04 Å². The van der Waals surface area contributed by atoms with Gasteiger partial charge in [0.25, 0.3) is 0 Å². The van der Waals surface area contributed by atoms with Gasteiger partial charge < -0.3 is 10.1 Å². The Bertz CT molecular complexity index is 405. The van der Waals surface area contributed by atoms with Gasteiger partial charge in [-0.25, -0.2) is 0 Å². The first-order chi connectivity index (χ1) is 7.83. The number of benzene rings is 1. The quantitative estimate of drug-likeness (QED) is 0.817. The zero-order chi connectivity index (χ0) is 11.4. The number of nitrogens with one attached hydrogen (secondary N) is 1. The molecule has 0 aliphatic heterocycles. The number of ether oxygens (including phenoxy) is 1. The molecule has 0 heterocycles. The minimum absolute atomic E-state index is 0.617. The van der Waals surface area contributed by atoms with E-state index in [2.05, 4.69) is 11.4 Å². The van der Waals surface area contributed by atoms with E-state index in [1.54, 1.807) is 7.11 Å². The predicted molar refractivity (Wildman–Crippen MR) is 62.4 cm³/mol. The van der Waals surface area contributed by atoms with Gasteiger partial charge in [-0.3, -0.25) is 0 Å². The van der Waals surface area contributed by atoms with Crippen molar-refractivity contribution in [2.45, 2.75) is 25.3 Å². The minimum Gasteiger partial charge on any atom is -0.495 e. The highest BCUT2D eigenvalue weighted by molar-refractivity contribution is 5.45. The molecule has 1 aliphatic rings. The van der Waals surface area contributed by atoms with E-state index in [-0.39, 0.29) is 0 Å². The molecule has 1 aliphatic carbocycles. The highest BCUT2D eigenvalue weighted by Gasteiger charge is 2.19. The van der Waals surface area contributed by atoms with E-state index >= 15 is 0 Å². The Morgan fingerprint density at radius 1 is 1.50 bits per heavy atom. The van der Waals surface area contributed by atoms with Gasteiger partial charge in [0.1, 0.15) is 11.8 Å². The molecule has 0 unspecified atom stereocenters. The summed E-state index contributed by atoms with van der Waals surface area (Å²) in [6.45, 7) is 0.988. The van der Waals surface area contributed by atoms with Gasteiger partial charge in [0.2, 0.25) is 0 Å². The van der Waals surface area contributed by atoms with Crippen molar-refractivity contribution in [2.24, 2.45) is 0 Å². The Morgan fingerprint density at radius 2 is 2.31 bits per heavy atom. The van der Waals surface area contributed by atoms with E-state index in [9.17, 15) is 0 Å². The van der Waals surface area contributed by atoms with Gasteiger partial charge in [-0.1, -0.05) is 6.07 Å². The lowest BCUT2D eigenvalue weighted by Crippen LogP contribution is -2.19. The van der Waals surface area contributed by atoms with Crippen molar-refractivity contribution in [3.05, 3.63) is 29.3 Å². The fourth-order valence-corrected chi connectivity index (χ4v) is 1.71. The molecule has 1 aromatic rings. The Kier molecular flexibility index (Phi) is 3.43. The second kappa shape index (κ2) is 5.00. The molecule has 0 amide bonds. The molecule has 0 bridgehead atoms. The molecule has 0 aromatic heterocycles. The molecular formula is C13H16N2O. The number of hydrogen-bond donors (Lipinski definition) is 1. The third-order valence-corrected chi connectivity index (χ3v) is 2.81. The van der Waals surface area contributed by atoms with Crippen LogP contribution in [0.1, 0.15) is 24.0 Å². The molecule has 1 saturated carbocycles. The van der Waals surface area contributed by atoms with Crippen LogP contribution in [0.2, 0.25) is 0 Å². The summed E-state index contributed by atoms with van der Waals surface area (Å²) in [5.41, 5.74) is 1.80. The zero-order valence-corrected chi connectivity index (χ0v) is 9.49. The molecule has 1 fully saturated rings. The Labute approximate surface area is 96.0 Å². The standard InChI is InChI=1S/C13H16N2O/c1-16-13-5-2-10(8-11(13)9-14)6-7-15-12-3-4-12/h2,5,8,12,15H,3-4,6-7H2,1H3. The summed E-state index contributed by atoms with van der Waals surface area (Å²) in [5.74, 6) is 0.654. The molecule has 0 spiro atoms. The SMILES string of the molecule is COc1ccc(CCNC2CC2)cc1C#N. The summed E-state index contributed by atoms with van der Waals surface area (Å²) in [4.78, 5) is 0. The monoisotopic (exact) mass is 216 g/mol. The largest absolute Gasteiger partial charge is 0.495 e. The number of methoxy groups -OCH3 is 1. The van der Waals surface area contributed by atoms with Crippen molar-refractivity contribution in [3.63, 3.8) is 0 Å². The Morgan fingerprint density at radius 3 is 2.94 bits per heavy atom. The van der Waals surface area contributed by atoms with Gasteiger partial charge in [-0.15, -0.1) is 0 Å². The van der Waals surface area contributed by atoms with Crippen molar-refractivity contribution < 1.29 is 4.74 Å². The first-order valence-corrected chi connectivity index (χ1v) is 5.64. The maximum absolute atomic E-state index is 8.95. The molecule has 0 atom stereocenters. The van der Waals surface area contributed by atoms with Crippen molar-refractivity contribution >= 4 is 0 Å². The van der Waals surface area contributed by atoms with Crippen LogP contribution in [0.3, 0.4) is 0 Å². The predicted octanol–water partition coefficient (Wildman–Crippen LogP) is 1.86. The fourth-order valence-electron chi connectivity index (χ4n) is 1.71. The van der Waals surface area contributed by atoms with Crippen LogP contribution in [0, 0.1) is 11.3 Å². The molecular weight excluding hydrogens is 200 g/mol. The first kappa shape index (κ1) is 11.0. The molecule has 3 nitrogen and oxygen atoms in total. The van der Waals surface area contributed by atoms with Crippen molar-refractivity contribution in [2.75, 3.05) is 13.7 Å². The molecule has 1 N–H and O–H groups in total. The fraction of sp³-hybridized carbons (Fsp3) is 0.462. The van der Waals surface area contributed by atoms with E-state index in [0.717, 1.165) is 19.0 Å². The van der Waals surface area contributed by atoms with Gasteiger partial charge in [-0.05, 0) is 43.5 Å². The molecule has 0 saturated heterocycles. The van der Waals surface area contributed by atoms with Crippen LogP contribution in [-0.2, 0) is 6.42 Å². The summed E-state index contributed by atoms with van der Waals surface area (Å²) in [6, 6.07) is 8.70. The van der Waals surface area contributed by atoms with Crippen LogP contribution in [0.15, 0.2) is 18.2 Å². The molecule has 16 heavy (non-hydrogen) atoms. The second-order valence-corrected chi connectivity index (χ2v) is 4.12. The smallest absolute Gasteiger partial charge is 0.136 e. The van der Waals surface area contributed by atoms with Gasteiger partial charge in [0.05, 0.1) is 12.7 Å².